The maximum Gasteiger partial charge on any atom is 0.252 e. The van der Waals surface area contributed by atoms with Crippen LogP contribution in [0.2, 0.25) is 4.34 Å². The molecular weight excluding hydrogens is 441 g/mol. The highest BCUT2D eigenvalue weighted by Gasteiger charge is 2.29. The number of thiophene rings is 1. The molecule has 0 bridgehead atoms. The molecule has 0 atom stereocenters. The first-order valence-corrected chi connectivity index (χ1v) is 12.1. The first kappa shape index (κ1) is 19.9. The Labute approximate surface area is 176 Å². The highest BCUT2D eigenvalue weighted by Crippen LogP contribution is 2.29. The molecule has 0 amide bonds. The van der Waals surface area contributed by atoms with E-state index < -0.39 is 10.0 Å². The molecule has 0 N–H and O–H groups in total. The van der Waals surface area contributed by atoms with Gasteiger partial charge in [-0.15, -0.1) is 22.7 Å². The number of halogens is 2. The summed E-state index contributed by atoms with van der Waals surface area (Å²) in [4.78, 5) is 6.82. The van der Waals surface area contributed by atoms with E-state index in [1.165, 1.54) is 27.8 Å². The van der Waals surface area contributed by atoms with Crippen LogP contribution >= 0.6 is 34.3 Å². The van der Waals surface area contributed by atoms with E-state index in [0.717, 1.165) is 27.6 Å². The van der Waals surface area contributed by atoms with Crippen molar-refractivity contribution in [3.8, 4) is 10.6 Å². The van der Waals surface area contributed by atoms with E-state index in [1.54, 1.807) is 24.3 Å². The maximum atomic E-state index is 13.1. The number of hydrogen-bond donors (Lipinski definition) is 0. The first-order valence-electron chi connectivity index (χ1n) is 8.60. The van der Waals surface area contributed by atoms with Crippen LogP contribution in [0.25, 0.3) is 10.6 Å². The predicted octanol–water partition coefficient (Wildman–Crippen LogP) is 4.17. The van der Waals surface area contributed by atoms with E-state index >= 15 is 0 Å². The summed E-state index contributed by atoms with van der Waals surface area (Å²) in [6.07, 6.45) is 0. The van der Waals surface area contributed by atoms with Gasteiger partial charge < -0.3 is 0 Å². The van der Waals surface area contributed by atoms with Crippen LogP contribution in [0.15, 0.2) is 46.0 Å². The number of sulfonamides is 1. The third kappa shape index (κ3) is 4.29. The Morgan fingerprint density at radius 3 is 2.43 bits per heavy atom. The number of hydrogen-bond acceptors (Lipinski definition) is 6. The van der Waals surface area contributed by atoms with Crippen molar-refractivity contribution in [2.75, 3.05) is 26.2 Å². The molecule has 3 heterocycles. The normalized spacial score (nSPS) is 16.5. The highest BCUT2D eigenvalue weighted by molar-refractivity contribution is 7.91. The third-order valence-electron chi connectivity index (χ3n) is 4.50. The molecule has 0 radical (unpaired) electrons. The van der Waals surface area contributed by atoms with Crippen molar-refractivity contribution in [3.63, 3.8) is 0 Å². The van der Waals surface area contributed by atoms with Crippen LogP contribution in [0, 0.1) is 5.82 Å². The summed E-state index contributed by atoms with van der Waals surface area (Å²) in [5.74, 6) is -0.266. The van der Waals surface area contributed by atoms with E-state index in [9.17, 15) is 12.8 Å². The zero-order chi connectivity index (χ0) is 19.7. The highest BCUT2D eigenvalue weighted by atomic mass is 35.5. The standard InChI is InChI=1S/C18H17ClFN3O2S3/c19-16-5-6-17(27-16)28(24,25)23-9-7-22(8-10-23)11-15-12-26-18(21-15)13-1-3-14(20)4-2-13/h1-6,12H,7-11H2. The van der Waals surface area contributed by atoms with Gasteiger partial charge in [0.25, 0.3) is 10.0 Å². The van der Waals surface area contributed by atoms with E-state index in [1.807, 2.05) is 5.38 Å². The summed E-state index contributed by atoms with van der Waals surface area (Å²) < 4.78 is 40.7. The second kappa shape index (κ2) is 8.17. The molecule has 0 aliphatic carbocycles. The van der Waals surface area contributed by atoms with Crippen LogP contribution in [0.4, 0.5) is 4.39 Å². The molecule has 1 aliphatic rings. The number of rotatable bonds is 5. The lowest BCUT2D eigenvalue weighted by Gasteiger charge is -2.33. The molecule has 148 valence electrons. The second-order valence-corrected chi connectivity index (χ2v) is 11.1. The van der Waals surface area contributed by atoms with Gasteiger partial charge in [0.2, 0.25) is 0 Å². The first-order chi connectivity index (χ1) is 13.4. The molecule has 3 aromatic rings. The number of nitrogens with zero attached hydrogens (tertiary/aromatic N) is 3. The van der Waals surface area contributed by atoms with Crippen LogP contribution < -0.4 is 0 Å². The van der Waals surface area contributed by atoms with Crippen molar-refractivity contribution in [2.45, 2.75) is 10.8 Å². The monoisotopic (exact) mass is 457 g/mol. The van der Waals surface area contributed by atoms with Crippen molar-refractivity contribution in [1.82, 2.24) is 14.2 Å². The molecule has 10 heteroatoms. The van der Waals surface area contributed by atoms with Crippen molar-refractivity contribution >= 4 is 44.3 Å². The van der Waals surface area contributed by atoms with Crippen LogP contribution in [-0.4, -0.2) is 48.8 Å². The van der Waals surface area contributed by atoms with Gasteiger partial charge in [0.05, 0.1) is 10.0 Å². The fourth-order valence-electron chi connectivity index (χ4n) is 3.03. The van der Waals surface area contributed by atoms with E-state index in [0.29, 0.717) is 37.1 Å². The Bertz CT molecular complexity index is 1060. The molecule has 0 spiro atoms. The molecule has 1 fully saturated rings. The minimum absolute atomic E-state index is 0.266. The fourth-order valence-corrected chi connectivity index (χ4v) is 6.90. The largest absolute Gasteiger partial charge is 0.295 e. The van der Waals surface area contributed by atoms with Crippen molar-refractivity contribution in [2.24, 2.45) is 0 Å². The van der Waals surface area contributed by atoms with Gasteiger partial charge in [-0.1, -0.05) is 11.6 Å². The molecule has 28 heavy (non-hydrogen) atoms. The van der Waals surface area contributed by atoms with Gasteiger partial charge in [-0.2, -0.15) is 4.31 Å². The van der Waals surface area contributed by atoms with Crippen molar-refractivity contribution in [1.29, 1.82) is 0 Å². The molecular formula is C18H17ClFN3O2S3. The third-order valence-corrected chi connectivity index (χ3v) is 9.04. The Kier molecular flexibility index (Phi) is 5.82. The lowest BCUT2D eigenvalue weighted by atomic mass is 10.2. The van der Waals surface area contributed by atoms with Crippen molar-refractivity contribution < 1.29 is 12.8 Å². The molecule has 2 aromatic heterocycles. The van der Waals surface area contributed by atoms with Crippen molar-refractivity contribution in [3.05, 3.63) is 57.6 Å². The summed E-state index contributed by atoms with van der Waals surface area (Å²) >= 11 is 8.48. The molecule has 1 saturated heterocycles. The molecule has 0 saturated carbocycles. The average Bonchev–Trinajstić information content (AvgIpc) is 3.32. The van der Waals surface area contributed by atoms with Gasteiger partial charge in [-0.05, 0) is 36.4 Å². The predicted molar refractivity (Wildman–Crippen MR) is 111 cm³/mol. The summed E-state index contributed by atoms with van der Waals surface area (Å²) in [5.41, 5.74) is 1.83. The summed E-state index contributed by atoms with van der Waals surface area (Å²) in [5, 5.41) is 2.85. The lowest BCUT2D eigenvalue weighted by Crippen LogP contribution is -2.48. The molecule has 0 unspecified atom stereocenters. The Hall–Kier alpha value is -1.36. The maximum absolute atomic E-state index is 13.1. The minimum atomic E-state index is -3.48. The van der Waals surface area contributed by atoms with Crippen LogP contribution in [0.5, 0.6) is 0 Å². The van der Waals surface area contributed by atoms with E-state index in [2.05, 4.69) is 9.88 Å². The minimum Gasteiger partial charge on any atom is -0.295 e. The van der Waals surface area contributed by atoms with Gasteiger partial charge in [-0.3, -0.25) is 4.90 Å². The summed E-state index contributed by atoms with van der Waals surface area (Å²) in [6, 6.07) is 9.46. The number of aromatic nitrogens is 1. The number of thiazole rings is 1. The van der Waals surface area contributed by atoms with Crippen LogP contribution in [0.1, 0.15) is 5.69 Å². The second-order valence-electron chi connectivity index (χ2n) is 6.39. The lowest BCUT2D eigenvalue weighted by molar-refractivity contribution is 0.180. The molecule has 5 nitrogen and oxygen atoms in total. The molecule has 1 aromatic carbocycles. The SMILES string of the molecule is O=S(=O)(c1ccc(Cl)s1)N1CCN(Cc2csc(-c3ccc(F)cc3)n2)CC1. The summed E-state index contributed by atoms with van der Waals surface area (Å²) in [6.45, 7) is 2.82. The Morgan fingerprint density at radius 1 is 1.07 bits per heavy atom. The smallest absolute Gasteiger partial charge is 0.252 e. The van der Waals surface area contributed by atoms with Crippen LogP contribution in [0.3, 0.4) is 0 Å². The zero-order valence-corrected chi connectivity index (χ0v) is 17.9. The Morgan fingerprint density at radius 2 is 1.79 bits per heavy atom. The van der Waals surface area contributed by atoms with Crippen LogP contribution in [-0.2, 0) is 16.6 Å². The zero-order valence-electron chi connectivity index (χ0n) is 14.7. The van der Waals surface area contributed by atoms with Gasteiger partial charge in [0, 0.05) is 43.7 Å². The summed E-state index contributed by atoms with van der Waals surface area (Å²) in [7, 11) is -3.48. The Balaban J connectivity index is 1.37. The van der Waals surface area contributed by atoms with Gasteiger partial charge >= 0.3 is 0 Å². The molecule has 1 aliphatic heterocycles. The fraction of sp³-hybridized carbons (Fsp3) is 0.278. The van der Waals surface area contributed by atoms with E-state index in [4.69, 9.17) is 11.6 Å². The van der Waals surface area contributed by atoms with Gasteiger partial charge in [0.15, 0.2) is 0 Å². The molecule has 4 rings (SSSR count). The quantitative estimate of drug-likeness (QED) is 0.577. The van der Waals surface area contributed by atoms with Gasteiger partial charge in [0.1, 0.15) is 15.0 Å². The number of benzene rings is 1. The van der Waals surface area contributed by atoms with Gasteiger partial charge in [-0.25, -0.2) is 17.8 Å². The number of piperazine rings is 1. The topological polar surface area (TPSA) is 53.5 Å². The van der Waals surface area contributed by atoms with E-state index in [-0.39, 0.29) is 10.0 Å². The average molecular weight is 458 g/mol.